The monoisotopic (exact) mass is 274 g/mol. The molecule has 0 radical (unpaired) electrons. The zero-order valence-electron chi connectivity index (χ0n) is 11.4. The Balaban J connectivity index is 2.09. The van der Waals surface area contributed by atoms with Crippen LogP contribution in [0.2, 0.25) is 0 Å². The highest BCUT2D eigenvalue weighted by Gasteiger charge is 2.31. The molecule has 1 heterocycles. The molecule has 1 aromatic heterocycles. The summed E-state index contributed by atoms with van der Waals surface area (Å²) in [5, 5.41) is 2.43. The topological polar surface area (TPSA) is 16.1 Å². The van der Waals surface area contributed by atoms with Gasteiger partial charge in [0.1, 0.15) is 5.82 Å². The van der Waals surface area contributed by atoms with Crippen LogP contribution in [0.1, 0.15) is 25.5 Å². The lowest BCUT2D eigenvalue weighted by Crippen LogP contribution is -2.31. The molecule has 0 bridgehead atoms. The van der Waals surface area contributed by atoms with Crippen molar-refractivity contribution < 1.29 is 0 Å². The molecule has 0 saturated heterocycles. The molecule has 19 heavy (non-hydrogen) atoms. The first-order valence-electron chi connectivity index (χ1n) is 6.88. The Labute approximate surface area is 119 Å². The molecule has 1 saturated carbocycles. The van der Waals surface area contributed by atoms with E-state index in [-0.39, 0.29) is 0 Å². The van der Waals surface area contributed by atoms with E-state index in [4.69, 9.17) is 16.6 Å². The molecule has 1 fully saturated rings. The molecular formula is C16H19ClN2. The van der Waals surface area contributed by atoms with Crippen molar-refractivity contribution in [3.63, 3.8) is 0 Å². The van der Waals surface area contributed by atoms with Gasteiger partial charge in [0.05, 0.1) is 11.6 Å². The summed E-state index contributed by atoms with van der Waals surface area (Å²) in [4.78, 5) is 7.06. The number of anilines is 1. The van der Waals surface area contributed by atoms with E-state index in [1.54, 1.807) is 0 Å². The molecule has 0 spiro atoms. The van der Waals surface area contributed by atoms with Crippen LogP contribution in [0.25, 0.3) is 10.8 Å². The molecule has 3 rings (SSSR count). The molecule has 1 aliphatic rings. The maximum absolute atomic E-state index is 5.98. The molecule has 1 aromatic carbocycles. The Kier molecular flexibility index (Phi) is 3.36. The standard InChI is InChI=1S/C16H19ClN2/c1-11(12-7-8-12)19(2)16-15-6-4-3-5-13(15)9-14(10-17)18-16/h3-6,9,11-12H,7-8,10H2,1-2H3. The zero-order chi connectivity index (χ0) is 13.4. The molecule has 1 unspecified atom stereocenters. The predicted molar refractivity (Wildman–Crippen MR) is 81.9 cm³/mol. The molecule has 3 heteroatoms. The largest absolute Gasteiger partial charge is 0.356 e. The second-order valence-electron chi connectivity index (χ2n) is 5.48. The third-order valence-electron chi connectivity index (χ3n) is 4.16. The van der Waals surface area contributed by atoms with Gasteiger partial charge in [-0.2, -0.15) is 0 Å². The van der Waals surface area contributed by atoms with Crippen LogP contribution in [0.4, 0.5) is 5.82 Å². The summed E-state index contributed by atoms with van der Waals surface area (Å²) in [6.07, 6.45) is 2.69. The zero-order valence-corrected chi connectivity index (χ0v) is 12.2. The molecule has 1 atom stereocenters. The lowest BCUT2D eigenvalue weighted by atomic mass is 10.1. The Morgan fingerprint density at radius 3 is 2.79 bits per heavy atom. The van der Waals surface area contributed by atoms with Gasteiger partial charge >= 0.3 is 0 Å². The van der Waals surface area contributed by atoms with E-state index in [1.165, 1.54) is 23.6 Å². The van der Waals surface area contributed by atoms with Gasteiger partial charge in [-0.3, -0.25) is 0 Å². The Morgan fingerprint density at radius 2 is 2.11 bits per heavy atom. The molecular weight excluding hydrogens is 256 g/mol. The van der Waals surface area contributed by atoms with Crippen molar-refractivity contribution in [3.05, 3.63) is 36.0 Å². The summed E-state index contributed by atoms with van der Waals surface area (Å²) in [5.74, 6) is 2.35. The van der Waals surface area contributed by atoms with Gasteiger partial charge in [-0.15, -0.1) is 11.6 Å². The maximum Gasteiger partial charge on any atom is 0.136 e. The summed E-state index contributed by atoms with van der Waals surface area (Å²) >= 11 is 5.98. The van der Waals surface area contributed by atoms with Crippen LogP contribution < -0.4 is 4.90 Å². The number of alkyl halides is 1. The summed E-state index contributed by atoms with van der Waals surface area (Å²) in [7, 11) is 2.15. The van der Waals surface area contributed by atoms with Crippen LogP contribution in [0, 0.1) is 5.92 Å². The molecule has 1 aliphatic carbocycles. The van der Waals surface area contributed by atoms with E-state index in [0.29, 0.717) is 11.9 Å². The Morgan fingerprint density at radius 1 is 1.37 bits per heavy atom. The average Bonchev–Trinajstić information content (AvgIpc) is 3.29. The van der Waals surface area contributed by atoms with Crippen LogP contribution in [-0.4, -0.2) is 18.1 Å². The van der Waals surface area contributed by atoms with Gasteiger partial charge < -0.3 is 4.90 Å². The van der Waals surface area contributed by atoms with E-state index in [2.05, 4.69) is 49.2 Å². The first kappa shape index (κ1) is 12.7. The van der Waals surface area contributed by atoms with E-state index >= 15 is 0 Å². The highest BCUT2D eigenvalue weighted by Crippen LogP contribution is 2.37. The average molecular weight is 275 g/mol. The van der Waals surface area contributed by atoms with Gasteiger partial charge in [-0.1, -0.05) is 24.3 Å². The number of hydrogen-bond donors (Lipinski definition) is 0. The fourth-order valence-electron chi connectivity index (χ4n) is 2.66. The third-order valence-corrected chi connectivity index (χ3v) is 4.43. The van der Waals surface area contributed by atoms with Crippen LogP contribution in [-0.2, 0) is 5.88 Å². The van der Waals surface area contributed by atoms with E-state index in [1.807, 2.05) is 0 Å². The number of pyridine rings is 1. The lowest BCUT2D eigenvalue weighted by Gasteiger charge is -2.27. The van der Waals surface area contributed by atoms with Gasteiger partial charge in [0.2, 0.25) is 0 Å². The molecule has 2 aromatic rings. The quantitative estimate of drug-likeness (QED) is 0.777. The molecule has 100 valence electrons. The number of aromatic nitrogens is 1. The van der Waals surface area contributed by atoms with Crippen LogP contribution >= 0.6 is 11.6 Å². The van der Waals surface area contributed by atoms with Crippen molar-refractivity contribution in [2.45, 2.75) is 31.7 Å². The fraction of sp³-hybridized carbons (Fsp3) is 0.438. The smallest absolute Gasteiger partial charge is 0.136 e. The number of rotatable bonds is 4. The van der Waals surface area contributed by atoms with Gasteiger partial charge in [0.25, 0.3) is 0 Å². The van der Waals surface area contributed by atoms with Gasteiger partial charge in [-0.25, -0.2) is 4.98 Å². The normalized spacial score (nSPS) is 16.6. The number of halogens is 1. The van der Waals surface area contributed by atoms with Crippen LogP contribution in [0.15, 0.2) is 30.3 Å². The van der Waals surface area contributed by atoms with Crippen molar-refractivity contribution in [2.24, 2.45) is 5.92 Å². The Hall–Kier alpha value is -1.28. The fourth-order valence-corrected chi connectivity index (χ4v) is 2.80. The number of fused-ring (bicyclic) bond motifs is 1. The van der Waals surface area contributed by atoms with Crippen molar-refractivity contribution in [3.8, 4) is 0 Å². The minimum Gasteiger partial charge on any atom is -0.356 e. The second-order valence-corrected chi connectivity index (χ2v) is 5.75. The van der Waals surface area contributed by atoms with E-state index in [0.717, 1.165) is 17.4 Å². The SMILES string of the molecule is CC(C1CC1)N(C)c1nc(CCl)cc2ccccc12. The number of nitrogens with zero attached hydrogens (tertiary/aromatic N) is 2. The third kappa shape index (κ3) is 2.42. The maximum atomic E-state index is 5.98. The first-order chi connectivity index (χ1) is 9.20. The van der Waals surface area contributed by atoms with Crippen molar-refractivity contribution >= 4 is 28.2 Å². The number of hydrogen-bond acceptors (Lipinski definition) is 2. The highest BCUT2D eigenvalue weighted by molar-refractivity contribution is 6.17. The molecule has 0 amide bonds. The minimum atomic E-state index is 0.462. The minimum absolute atomic E-state index is 0.462. The van der Waals surface area contributed by atoms with Crippen LogP contribution in [0.3, 0.4) is 0 Å². The van der Waals surface area contributed by atoms with Crippen molar-refractivity contribution in [1.29, 1.82) is 0 Å². The summed E-state index contributed by atoms with van der Waals surface area (Å²) in [6.45, 7) is 2.29. The van der Waals surface area contributed by atoms with Crippen LogP contribution in [0.5, 0.6) is 0 Å². The predicted octanol–water partition coefficient (Wildman–Crippen LogP) is 4.21. The van der Waals surface area contributed by atoms with Gasteiger partial charge in [-0.05, 0) is 37.1 Å². The first-order valence-corrected chi connectivity index (χ1v) is 7.41. The molecule has 0 N–H and O–H groups in total. The highest BCUT2D eigenvalue weighted by atomic mass is 35.5. The van der Waals surface area contributed by atoms with Gasteiger partial charge in [0.15, 0.2) is 0 Å². The lowest BCUT2D eigenvalue weighted by molar-refractivity contribution is 0.605. The van der Waals surface area contributed by atoms with E-state index < -0.39 is 0 Å². The molecule has 2 nitrogen and oxygen atoms in total. The van der Waals surface area contributed by atoms with Gasteiger partial charge in [0, 0.05) is 18.5 Å². The number of benzene rings is 1. The second kappa shape index (κ2) is 5.01. The van der Waals surface area contributed by atoms with Crippen molar-refractivity contribution in [2.75, 3.05) is 11.9 Å². The summed E-state index contributed by atoms with van der Waals surface area (Å²) in [5.41, 5.74) is 0.949. The van der Waals surface area contributed by atoms with Crippen molar-refractivity contribution in [1.82, 2.24) is 4.98 Å². The summed E-state index contributed by atoms with van der Waals surface area (Å²) in [6, 6.07) is 11.0. The Bertz CT molecular complexity index is 592. The van der Waals surface area contributed by atoms with E-state index in [9.17, 15) is 0 Å². The molecule has 0 aliphatic heterocycles. The summed E-state index contributed by atoms with van der Waals surface area (Å²) < 4.78 is 0.